The van der Waals surface area contributed by atoms with Crippen molar-refractivity contribution in [2.24, 2.45) is 5.41 Å². The van der Waals surface area contributed by atoms with Crippen LogP contribution in [0.1, 0.15) is 56.3 Å². The van der Waals surface area contributed by atoms with Crippen molar-refractivity contribution >= 4 is 22.3 Å². The van der Waals surface area contributed by atoms with Gasteiger partial charge in [-0.05, 0) is 36.0 Å². The number of halogens is 3. The molecule has 1 aliphatic heterocycles. The number of alkyl halides is 3. The van der Waals surface area contributed by atoms with Crippen LogP contribution >= 0.6 is 0 Å². The third kappa shape index (κ3) is 5.08. The number of hydrogen-bond donors (Lipinski definition) is 4. The summed E-state index contributed by atoms with van der Waals surface area (Å²) in [5.41, 5.74) is 7.09. The minimum Gasteiger partial charge on any atom is -0.383 e. The van der Waals surface area contributed by atoms with Crippen LogP contribution in [0, 0.1) is 28.1 Å². The molecular formula is C29H29F3N8. The van der Waals surface area contributed by atoms with Gasteiger partial charge < -0.3 is 16.1 Å². The Morgan fingerprint density at radius 1 is 1.07 bits per heavy atom. The van der Waals surface area contributed by atoms with Gasteiger partial charge in [0, 0.05) is 30.0 Å². The van der Waals surface area contributed by atoms with Gasteiger partial charge in [-0.25, -0.2) is 0 Å². The number of benzene rings is 2. The van der Waals surface area contributed by atoms with Gasteiger partial charge in [-0.15, -0.1) is 5.53 Å². The van der Waals surface area contributed by atoms with E-state index in [0.717, 1.165) is 10.6 Å². The molecule has 0 radical (unpaired) electrons. The highest BCUT2D eigenvalue weighted by atomic mass is 19.4. The number of anilines is 2. The first kappa shape index (κ1) is 27.1. The third-order valence-electron chi connectivity index (χ3n) is 7.06. The van der Waals surface area contributed by atoms with Crippen molar-refractivity contribution in [3.05, 3.63) is 77.2 Å². The van der Waals surface area contributed by atoms with E-state index in [1.807, 2.05) is 36.4 Å². The molecule has 40 heavy (non-hydrogen) atoms. The number of hydrogen-bond acceptors (Lipinski definition) is 8. The van der Waals surface area contributed by atoms with Crippen LogP contribution in [0.2, 0.25) is 0 Å². The van der Waals surface area contributed by atoms with Crippen LogP contribution in [0.4, 0.5) is 24.5 Å². The maximum Gasteiger partial charge on any atom is 0.413 e. The summed E-state index contributed by atoms with van der Waals surface area (Å²) >= 11 is 0. The Bertz CT molecular complexity index is 1540. The van der Waals surface area contributed by atoms with Gasteiger partial charge in [-0.1, -0.05) is 51.1 Å². The van der Waals surface area contributed by atoms with E-state index in [2.05, 4.69) is 59.5 Å². The standard InChI is InChI=1S/C29H29F3N8/c1-27(2,3)17-36-25-20(14-34)15-35-24-19(13-33)11-21(12-22(24)25)37-26(18-7-5-4-6-8-18)23-16-40(39-38-23)28(9-10-28)29(30,31)32/h4-8,11-12,15-16,26,37-39H,9-10,17H2,1-3H3,(H,35,36)/t26-/m0/s1. The second-order valence-electron chi connectivity index (χ2n) is 11.3. The molecule has 2 heterocycles. The van der Waals surface area contributed by atoms with E-state index in [1.54, 1.807) is 6.07 Å². The van der Waals surface area contributed by atoms with Crippen molar-refractivity contribution in [1.82, 2.24) is 21.0 Å². The highest BCUT2D eigenvalue weighted by Crippen LogP contribution is 2.53. The second kappa shape index (κ2) is 9.92. The maximum atomic E-state index is 13.8. The molecule has 1 atom stereocenters. The van der Waals surface area contributed by atoms with Gasteiger partial charge in [0.1, 0.15) is 12.1 Å². The van der Waals surface area contributed by atoms with E-state index in [0.29, 0.717) is 45.6 Å². The molecule has 0 amide bonds. The highest BCUT2D eigenvalue weighted by Gasteiger charge is 2.67. The van der Waals surface area contributed by atoms with E-state index in [-0.39, 0.29) is 18.3 Å². The molecular weight excluding hydrogens is 517 g/mol. The predicted molar refractivity (Wildman–Crippen MR) is 146 cm³/mol. The van der Waals surface area contributed by atoms with E-state index >= 15 is 0 Å². The van der Waals surface area contributed by atoms with Crippen molar-refractivity contribution < 1.29 is 13.2 Å². The van der Waals surface area contributed by atoms with Crippen LogP contribution in [0.15, 0.2) is 60.6 Å². The molecule has 3 aromatic rings. The van der Waals surface area contributed by atoms with E-state index in [1.165, 1.54) is 12.4 Å². The minimum absolute atomic E-state index is 0.00711. The molecule has 1 saturated carbocycles. The first-order chi connectivity index (χ1) is 19.0. The number of nitrogens with one attached hydrogen (secondary N) is 4. The first-order valence-electron chi connectivity index (χ1n) is 12.9. The molecule has 1 aromatic heterocycles. The molecule has 11 heteroatoms. The van der Waals surface area contributed by atoms with Gasteiger partial charge in [-0.2, -0.15) is 23.7 Å². The molecule has 0 saturated heterocycles. The Balaban J connectivity index is 1.57. The summed E-state index contributed by atoms with van der Waals surface area (Å²) in [7, 11) is 0. The fraction of sp³-hybridized carbons (Fsp3) is 0.345. The Hall–Kier alpha value is -4.48. The molecule has 2 aliphatic rings. The molecule has 0 unspecified atom stereocenters. The lowest BCUT2D eigenvalue weighted by Gasteiger charge is -2.28. The van der Waals surface area contributed by atoms with Gasteiger partial charge in [0.25, 0.3) is 0 Å². The average molecular weight is 547 g/mol. The van der Waals surface area contributed by atoms with Crippen LogP contribution < -0.4 is 21.6 Å². The van der Waals surface area contributed by atoms with Gasteiger partial charge in [-0.3, -0.25) is 9.99 Å². The lowest BCUT2D eigenvalue weighted by atomic mass is 9.96. The molecule has 1 aliphatic carbocycles. The largest absolute Gasteiger partial charge is 0.413 e. The number of hydrazine groups is 2. The van der Waals surface area contributed by atoms with Crippen molar-refractivity contribution in [2.75, 3.05) is 17.2 Å². The third-order valence-corrected chi connectivity index (χ3v) is 7.06. The van der Waals surface area contributed by atoms with Crippen molar-refractivity contribution in [2.45, 2.75) is 51.4 Å². The quantitative estimate of drug-likeness (QED) is 0.292. The van der Waals surface area contributed by atoms with Gasteiger partial charge in [0.15, 0.2) is 5.54 Å². The lowest BCUT2D eigenvalue weighted by Crippen LogP contribution is -2.52. The molecule has 0 bridgehead atoms. The number of nitriles is 2. The van der Waals surface area contributed by atoms with Crippen LogP contribution in [-0.2, 0) is 0 Å². The molecule has 5 rings (SSSR count). The molecule has 1 fully saturated rings. The van der Waals surface area contributed by atoms with Crippen LogP contribution in [0.25, 0.3) is 10.9 Å². The number of fused-ring (bicyclic) bond motifs is 1. The van der Waals surface area contributed by atoms with Crippen LogP contribution in [0.5, 0.6) is 0 Å². The summed E-state index contributed by atoms with van der Waals surface area (Å²) in [5, 5.41) is 28.2. The summed E-state index contributed by atoms with van der Waals surface area (Å²) in [6.07, 6.45) is -1.47. The Morgan fingerprint density at radius 2 is 1.77 bits per heavy atom. The number of rotatable bonds is 7. The average Bonchev–Trinajstić information content (AvgIpc) is 3.61. The van der Waals surface area contributed by atoms with Crippen molar-refractivity contribution in [3.63, 3.8) is 0 Å². The smallest absolute Gasteiger partial charge is 0.383 e. The normalized spacial score (nSPS) is 16.9. The maximum absolute atomic E-state index is 13.8. The topological polar surface area (TPSA) is 112 Å². The number of nitrogens with zero attached hydrogens (tertiary/aromatic N) is 4. The van der Waals surface area contributed by atoms with Crippen LogP contribution in [-0.4, -0.2) is 28.3 Å². The summed E-state index contributed by atoms with van der Waals surface area (Å²) < 4.78 is 41.4. The second-order valence-corrected chi connectivity index (χ2v) is 11.3. The van der Waals surface area contributed by atoms with Crippen molar-refractivity contribution in [1.29, 1.82) is 10.5 Å². The summed E-state index contributed by atoms with van der Waals surface area (Å²) in [6.45, 7) is 6.78. The summed E-state index contributed by atoms with van der Waals surface area (Å²) in [4.78, 5) is 4.39. The fourth-order valence-electron chi connectivity index (χ4n) is 4.74. The zero-order valence-electron chi connectivity index (χ0n) is 22.3. The zero-order valence-corrected chi connectivity index (χ0v) is 22.3. The van der Waals surface area contributed by atoms with Gasteiger partial charge in [0.05, 0.1) is 34.1 Å². The van der Waals surface area contributed by atoms with Gasteiger partial charge in [0.2, 0.25) is 0 Å². The first-order valence-corrected chi connectivity index (χ1v) is 12.9. The molecule has 0 spiro atoms. The Morgan fingerprint density at radius 3 is 2.38 bits per heavy atom. The zero-order chi connectivity index (χ0) is 28.7. The van der Waals surface area contributed by atoms with Crippen LogP contribution in [0.3, 0.4) is 0 Å². The summed E-state index contributed by atoms with van der Waals surface area (Å²) in [5.74, 6) is 0. The number of aromatic nitrogens is 1. The van der Waals surface area contributed by atoms with Gasteiger partial charge >= 0.3 is 6.18 Å². The van der Waals surface area contributed by atoms with E-state index < -0.39 is 17.8 Å². The van der Waals surface area contributed by atoms with Crippen molar-refractivity contribution in [3.8, 4) is 12.1 Å². The minimum atomic E-state index is -4.38. The molecule has 206 valence electrons. The lowest BCUT2D eigenvalue weighted by molar-refractivity contribution is -0.195. The van der Waals surface area contributed by atoms with E-state index in [4.69, 9.17) is 0 Å². The highest BCUT2D eigenvalue weighted by molar-refractivity contribution is 5.99. The predicted octanol–water partition coefficient (Wildman–Crippen LogP) is 5.85. The number of pyridine rings is 1. The Labute approximate surface area is 230 Å². The Kier molecular flexibility index (Phi) is 6.72. The summed E-state index contributed by atoms with van der Waals surface area (Å²) in [6, 6.07) is 16.6. The molecule has 2 aromatic carbocycles. The molecule has 4 N–H and O–H groups in total. The SMILES string of the molecule is CC(C)(C)CNc1c(C#N)cnc2c(C#N)cc(N[C@H](C3=CN(C4(C(F)(F)F)CC4)NN3)c3ccccc3)cc12. The fourth-order valence-corrected chi connectivity index (χ4v) is 4.74. The molecule has 8 nitrogen and oxygen atoms in total. The monoisotopic (exact) mass is 546 g/mol. The van der Waals surface area contributed by atoms with E-state index in [9.17, 15) is 23.7 Å².